The van der Waals surface area contributed by atoms with Crippen molar-refractivity contribution < 1.29 is 14.7 Å². The van der Waals surface area contributed by atoms with Gasteiger partial charge in [0, 0.05) is 17.5 Å². The van der Waals surface area contributed by atoms with E-state index in [0.717, 1.165) is 0 Å². The maximum absolute atomic E-state index is 11.3. The third kappa shape index (κ3) is 2.85. The second-order valence-electron chi connectivity index (χ2n) is 2.76. The Morgan fingerprint density at radius 1 is 1.57 bits per heavy atom. The molecule has 0 unspecified atom stereocenters. The molecule has 0 aliphatic rings. The van der Waals surface area contributed by atoms with E-state index in [1.54, 1.807) is 13.0 Å². The predicted molar refractivity (Wildman–Crippen MR) is 48.9 cm³/mol. The lowest BCUT2D eigenvalue weighted by atomic mass is 10.2. The Morgan fingerprint density at radius 2 is 2.29 bits per heavy atom. The van der Waals surface area contributed by atoms with Gasteiger partial charge in [0.25, 0.3) is 5.91 Å². The highest BCUT2D eigenvalue weighted by atomic mass is 16.4. The van der Waals surface area contributed by atoms with Crippen LogP contribution in [-0.2, 0) is 4.79 Å². The number of hydrogen-bond donors (Lipinski definition) is 2. The molecule has 1 aromatic rings. The molecule has 2 N–H and O–H groups in total. The first-order valence-electron chi connectivity index (χ1n) is 4.02. The Labute approximate surface area is 80.8 Å². The Bertz CT molecular complexity index is 363. The van der Waals surface area contributed by atoms with Gasteiger partial charge in [0.05, 0.1) is 0 Å². The zero-order valence-electron chi connectivity index (χ0n) is 7.65. The van der Waals surface area contributed by atoms with E-state index in [0.29, 0.717) is 11.3 Å². The Kier molecular flexibility index (Phi) is 3.17. The van der Waals surface area contributed by atoms with E-state index >= 15 is 0 Å². The smallest absolute Gasteiger partial charge is 0.322 e. The molecule has 0 spiro atoms. The van der Waals surface area contributed by atoms with Crippen LogP contribution < -0.4 is 5.32 Å². The van der Waals surface area contributed by atoms with Crippen LogP contribution in [0.4, 0.5) is 0 Å². The van der Waals surface area contributed by atoms with Crippen LogP contribution in [0, 0.1) is 6.92 Å². The predicted octanol–water partition coefficient (Wildman–Crippen LogP) is 0.204. The normalized spacial score (nSPS) is 9.50. The number of carboxylic acids is 1. The summed E-state index contributed by atoms with van der Waals surface area (Å²) < 4.78 is 0. The maximum atomic E-state index is 11.3. The fourth-order valence-electron chi connectivity index (χ4n) is 0.945. The molecule has 0 saturated heterocycles. The molecule has 74 valence electrons. The molecule has 1 amide bonds. The molecule has 0 fully saturated rings. The number of aryl methyl sites for hydroxylation is 1. The molecule has 0 aliphatic heterocycles. The molecule has 1 rings (SSSR count). The van der Waals surface area contributed by atoms with Crippen LogP contribution in [0.15, 0.2) is 18.3 Å². The number of carbonyl (C=O) groups is 2. The Hall–Kier alpha value is -1.91. The number of rotatable bonds is 3. The van der Waals surface area contributed by atoms with E-state index in [1.807, 2.05) is 0 Å². The summed E-state index contributed by atoms with van der Waals surface area (Å²) in [6, 6.07) is 3.13. The monoisotopic (exact) mass is 194 g/mol. The van der Waals surface area contributed by atoms with Crippen molar-refractivity contribution in [1.82, 2.24) is 10.3 Å². The first kappa shape index (κ1) is 10.2. The van der Waals surface area contributed by atoms with Crippen LogP contribution in [0.25, 0.3) is 0 Å². The summed E-state index contributed by atoms with van der Waals surface area (Å²) in [5, 5.41) is 10.6. The molecular formula is C9H10N2O3. The molecule has 0 radical (unpaired) electrons. The van der Waals surface area contributed by atoms with Crippen LogP contribution in [0.5, 0.6) is 0 Å². The summed E-state index contributed by atoms with van der Waals surface area (Å²) in [4.78, 5) is 25.4. The van der Waals surface area contributed by atoms with Crippen molar-refractivity contribution in [3.8, 4) is 0 Å². The molecule has 5 heteroatoms. The zero-order valence-corrected chi connectivity index (χ0v) is 7.65. The number of nitrogens with zero attached hydrogens (tertiary/aromatic N) is 1. The Balaban J connectivity index is 2.65. The summed E-state index contributed by atoms with van der Waals surface area (Å²) in [5.41, 5.74) is 1.13. The number of aromatic nitrogens is 1. The minimum Gasteiger partial charge on any atom is -0.480 e. The van der Waals surface area contributed by atoms with Crippen molar-refractivity contribution in [2.75, 3.05) is 6.54 Å². The molecule has 0 aromatic carbocycles. The van der Waals surface area contributed by atoms with E-state index in [1.165, 1.54) is 12.3 Å². The van der Waals surface area contributed by atoms with Crippen LogP contribution in [0.2, 0.25) is 0 Å². The number of aliphatic carboxylic acids is 1. The molecule has 0 aliphatic carbocycles. The lowest BCUT2D eigenvalue weighted by molar-refractivity contribution is -0.135. The number of carbonyl (C=O) groups excluding carboxylic acids is 1. The first-order valence-corrected chi connectivity index (χ1v) is 4.02. The number of hydrogen-bond acceptors (Lipinski definition) is 3. The number of nitrogens with one attached hydrogen (secondary N) is 1. The van der Waals surface area contributed by atoms with Crippen molar-refractivity contribution in [3.63, 3.8) is 0 Å². The fraction of sp³-hybridized carbons (Fsp3) is 0.222. The van der Waals surface area contributed by atoms with Gasteiger partial charge in [-0.25, -0.2) is 0 Å². The molecule has 14 heavy (non-hydrogen) atoms. The first-order chi connectivity index (χ1) is 6.59. The van der Waals surface area contributed by atoms with Gasteiger partial charge in [-0.1, -0.05) is 0 Å². The molecule has 1 aromatic heterocycles. The van der Waals surface area contributed by atoms with E-state index in [2.05, 4.69) is 10.3 Å². The van der Waals surface area contributed by atoms with Crippen molar-refractivity contribution in [1.29, 1.82) is 0 Å². The van der Waals surface area contributed by atoms with Gasteiger partial charge >= 0.3 is 5.97 Å². The third-order valence-electron chi connectivity index (χ3n) is 1.56. The highest BCUT2D eigenvalue weighted by Gasteiger charge is 2.06. The van der Waals surface area contributed by atoms with E-state index in [9.17, 15) is 9.59 Å². The summed E-state index contributed by atoms with van der Waals surface area (Å²) in [6.07, 6.45) is 1.50. The van der Waals surface area contributed by atoms with E-state index < -0.39 is 11.9 Å². The van der Waals surface area contributed by atoms with Crippen molar-refractivity contribution in [3.05, 3.63) is 29.6 Å². The summed E-state index contributed by atoms with van der Waals surface area (Å²) in [5.74, 6) is -1.47. The highest BCUT2D eigenvalue weighted by molar-refractivity contribution is 5.95. The van der Waals surface area contributed by atoms with Gasteiger partial charge in [-0.05, 0) is 19.1 Å². The van der Waals surface area contributed by atoms with E-state index in [-0.39, 0.29) is 6.54 Å². The van der Waals surface area contributed by atoms with Crippen LogP contribution >= 0.6 is 0 Å². The molecule has 0 atom stereocenters. The summed E-state index contributed by atoms with van der Waals surface area (Å²) >= 11 is 0. The summed E-state index contributed by atoms with van der Waals surface area (Å²) in [7, 11) is 0. The number of pyridine rings is 1. The van der Waals surface area contributed by atoms with Gasteiger partial charge in [-0.2, -0.15) is 0 Å². The van der Waals surface area contributed by atoms with Gasteiger partial charge in [0.2, 0.25) is 0 Å². The number of amides is 1. The molecule has 1 heterocycles. The molecule has 0 bridgehead atoms. The largest absolute Gasteiger partial charge is 0.480 e. The standard InChI is InChI=1S/C9H10N2O3/c1-6-4-7(2-3-10-6)9(14)11-5-8(12)13/h2-4H,5H2,1H3,(H,11,14)(H,12,13). The second kappa shape index (κ2) is 4.36. The third-order valence-corrected chi connectivity index (χ3v) is 1.56. The van der Waals surface area contributed by atoms with Crippen LogP contribution in [0.1, 0.15) is 16.1 Å². The van der Waals surface area contributed by atoms with Crippen molar-refractivity contribution in [2.45, 2.75) is 6.92 Å². The zero-order chi connectivity index (χ0) is 10.6. The average molecular weight is 194 g/mol. The molecule has 5 nitrogen and oxygen atoms in total. The average Bonchev–Trinajstić information content (AvgIpc) is 2.14. The topological polar surface area (TPSA) is 79.3 Å². The maximum Gasteiger partial charge on any atom is 0.322 e. The van der Waals surface area contributed by atoms with Gasteiger partial charge in [0.1, 0.15) is 6.54 Å². The molecular weight excluding hydrogens is 184 g/mol. The Morgan fingerprint density at radius 3 is 2.86 bits per heavy atom. The van der Waals surface area contributed by atoms with Gasteiger partial charge in [-0.3, -0.25) is 14.6 Å². The van der Waals surface area contributed by atoms with Gasteiger partial charge < -0.3 is 10.4 Å². The number of carboxylic acid groups (broad SMARTS) is 1. The van der Waals surface area contributed by atoms with Crippen molar-refractivity contribution in [2.24, 2.45) is 0 Å². The minimum atomic E-state index is -1.07. The fourth-order valence-corrected chi connectivity index (χ4v) is 0.945. The lowest BCUT2D eigenvalue weighted by Gasteiger charge is -2.02. The minimum absolute atomic E-state index is 0.375. The lowest BCUT2D eigenvalue weighted by Crippen LogP contribution is -2.29. The SMILES string of the molecule is Cc1cc(C(=O)NCC(=O)O)ccn1. The molecule has 0 saturated carbocycles. The van der Waals surface area contributed by atoms with Crippen molar-refractivity contribution >= 4 is 11.9 Å². The van der Waals surface area contributed by atoms with Gasteiger partial charge in [0.15, 0.2) is 0 Å². The van der Waals surface area contributed by atoms with Gasteiger partial charge in [-0.15, -0.1) is 0 Å². The van der Waals surface area contributed by atoms with Crippen LogP contribution in [0.3, 0.4) is 0 Å². The summed E-state index contributed by atoms with van der Waals surface area (Å²) in [6.45, 7) is 1.38. The van der Waals surface area contributed by atoms with Crippen LogP contribution in [-0.4, -0.2) is 28.5 Å². The quantitative estimate of drug-likeness (QED) is 0.720. The van der Waals surface area contributed by atoms with E-state index in [4.69, 9.17) is 5.11 Å². The highest BCUT2D eigenvalue weighted by Crippen LogP contribution is 1.99. The second-order valence-corrected chi connectivity index (χ2v) is 2.76.